The van der Waals surface area contributed by atoms with Crippen molar-refractivity contribution >= 4 is 28.3 Å². The minimum Gasteiger partial charge on any atom is -0.478 e. The van der Waals surface area contributed by atoms with E-state index < -0.39 is 34.6 Å². The van der Waals surface area contributed by atoms with Gasteiger partial charge in [0, 0.05) is 11.5 Å². The molecule has 4 rings (SSSR count). The number of carbonyl (C=O) groups is 2. The summed E-state index contributed by atoms with van der Waals surface area (Å²) in [5, 5.41) is 8.89. The number of cyclic esters (lactones) is 1. The van der Waals surface area contributed by atoms with E-state index in [2.05, 4.69) is 0 Å². The van der Waals surface area contributed by atoms with Gasteiger partial charge in [-0.25, -0.2) is 14.0 Å². The summed E-state index contributed by atoms with van der Waals surface area (Å²) < 4.78 is 38.5. The Morgan fingerprint density at radius 3 is 2.50 bits per heavy atom. The van der Waals surface area contributed by atoms with Crippen LogP contribution in [0, 0.1) is 17.7 Å². The van der Waals surface area contributed by atoms with Gasteiger partial charge in [0.25, 0.3) is 0 Å². The number of benzene rings is 1. The molecule has 0 bridgehead atoms. The standard InChI is InChI=1S/C15H16FNO6S/c16-11-3-7(17-4-12(14(18)19)23-15(17)20)1-2-8(11)13-9-5-24(21,22)6-10(9)13/h1-3,9-10,12-13,21-22H,4-6H2,(H,18,19)/t9-,10+,12-,13?/m1/s1. The molecule has 1 amide bonds. The van der Waals surface area contributed by atoms with Crippen LogP contribution in [0.15, 0.2) is 18.2 Å². The third-order valence-electron chi connectivity index (χ3n) is 4.99. The van der Waals surface area contributed by atoms with E-state index in [0.29, 0.717) is 17.1 Å². The highest BCUT2D eigenvalue weighted by atomic mass is 32.3. The topological polar surface area (TPSA) is 107 Å². The molecule has 1 unspecified atom stereocenters. The lowest BCUT2D eigenvalue weighted by molar-refractivity contribution is -0.144. The number of hydrogen-bond donors (Lipinski definition) is 3. The van der Waals surface area contributed by atoms with Crippen molar-refractivity contribution < 1.29 is 32.9 Å². The first-order chi connectivity index (χ1) is 11.3. The SMILES string of the molecule is O=C(O)[C@H]1CN(c2ccc(C3[C@H]4CS(O)(O)C[C@@H]34)c(F)c2)C(=O)O1. The Kier molecular flexibility index (Phi) is 3.32. The smallest absolute Gasteiger partial charge is 0.415 e. The molecule has 24 heavy (non-hydrogen) atoms. The van der Waals surface area contributed by atoms with E-state index in [1.54, 1.807) is 12.1 Å². The maximum Gasteiger partial charge on any atom is 0.415 e. The number of fused-ring (bicyclic) bond motifs is 1. The maximum absolute atomic E-state index is 14.5. The lowest BCUT2D eigenvalue weighted by Crippen LogP contribution is -2.27. The number of halogens is 1. The molecule has 1 aliphatic carbocycles. The predicted molar refractivity (Wildman–Crippen MR) is 84.0 cm³/mol. The Bertz CT molecular complexity index is 727. The largest absolute Gasteiger partial charge is 0.478 e. The van der Waals surface area contributed by atoms with Gasteiger partial charge in [0.05, 0.1) is 12.2 Å². The number of carboxylic acid groups (broad SMARTS) is 1. The van der Waals surface area contributed by atoms with Crippen molar-refractivity contribution in [3.05, 3.63) is 29.6 Å². The van der Waals surface area contributed by atoms with Gasteiger partial charge >= 0.3 is 12.1 Å². The van der Waals surface area contributed by atoms with Gasteiger partial charge in [-0.1, -0.05) is 6.07 Å². The first-order valence-electron chi connectivity index (χ1n) is 7.51. The van der Waals surface area contributed by atoms with Crippen LogP contribution in [0.25, 0.3) is 0 Å². The second-order valence-electron chi connectivity index (χ2n) is 6.52. The third-order valence-corrected chi connectivity index (χ3v) is 6.83. The summed E-state index contributed by atoms with van der Waals surface area (Å²) in [6, 6.07) is 4.35. The summed E-state index contributed by atoms with van der Waals surface area (Å²) in [6.07, 6.45) is -2.07. The fourth-order valence-electron chi connectivity index (χ4n) is 3.80. The van der Waals surface area contributed by atoms with Crippen molar-refractivity contribution in [1.29, 1.82) is 0 Å². The van der Waals surface area contributed by atoms with Crippen molar-refractivity contribution in [3.63, 3.8) is 0 Å². The Morgan fingerprint density at radius 2 is 1.96 bits per heavy atom. The Hall–Kier alpha value is -1.84. The number of aliphatic carboxylic acids is 1. The molecule has 130 valence electrons. The predicted octanol–water partition coefficient (Wildman–Crippen LogP) is 2.33. The van der Waals surface area contributed by atoms with Gasteiger partial charge in [-0.05, 0) is 35.4 Å². The monoisotopic (exact) mass is 357 g/mol. The lowest BCUT2D eigenvalue weighted by atomic mass is 10.1. The van der Waals surface area contributed by atoms with Crippen molar-refractivity contribution in [2.75, 3.05) is 23.0 Å². The molecule has 0 aromatic heterocycles. The molecule has 2 saturated heterocycles. The quantitative estimate of drug-likeness (QED) is 0.766. The molecule has 0 spiro atoms. The van der Waals surface area contributed by atoms with Crippen LogP contribution >= 0.6 is 10.6 Å². The Labute approximate surface area is 138 Å². The maximum atomic E-state index is 14.5. The minimum atomic E-state index is -2.49. The molecule has 2 aliphatic heterocycles. The van der Waals surface area contributed by atoms with Crippen LogP contribution in [-0.4, -0.2) is 50.4 Å². The summed E-state index contributed by atoms with van der Waals surface area (Å²) in [5.41, 5.74) is 0.756. The number of nitrogens with zero attached hydrogens (tertiary/aromatic N) is 1. The van der Waals surface area contributed by atoms with E-state index in [4.69, 9.17) is 9.84 Å². The number of carboxylic acids is 1. The van der Waals surface area contributed by atoms with Crippen LogP contribution in [0.3, 0.4) is 0 Å². The fraction of sp³-hybridized carbons (Fsp3) is 0.467. The molecule has 3 aliphatic rings. The zero-order chi connectivity index (χ0) is 17.2. The molecule has 7 nitrogen and oxygen atoms in total. The van der Waals surface area contributed by atoms with Crippen molar-refractivity contribution in [3.8, 4) is 0 Å². The molecular formula is C15H16FNO6S. The molecule has 0 radical (unpaired) electrons. The minimum absolute atomic E-state index is 0.0173. The normalized spacial score (nSPS) is 34.6. The van der Waals surface area contributed by atoms with Crippen LogP contribution in [0.1, 0.15) is 11.5 Å². The van der Waals surface area contributed by atoms with E-state index in [1.165, 1.54) is 6.07 Å². The van der Waals surface area contributed by atoms with Gasteiger partial charge in [-0.2, -0.15) is 10.6 Å². The van der Waals surface area contributed by atoms with Crippen LogP contribution in [0.2, 0.25) is 0 Å². The summed E-state index contributed by atoms with van der Waals surface area (Å²) in [4.78, 5) is 23.7. The molecule has 3 fully saturated rings. The van der Waals surface area contributed by atoms with Gasteiger partial charge in [0.2, 0.25) is 6.10 Å². The number of hydrogen-bond acceptors (Lipinski definition) is 5. The Balaban J connectivity index is 1.52. The molecule has 3 N–H and O–H groups in total. The highest BCUT2D eigenvalue weighted by molar-refractivity contribution is 8.24. The van der Waals surface area contributed by atoms with Gasteiger partial charge < -0.3 is 9.84 Å². The zero-order valence-electron chi connectivity index (χ0n) is 12.5. The zero-order valence-corrected chi connectivity index (χ0v) is 13.3. The Morgan fingerprint density at radius 1 is 1.29 bits per heavy atom. The van der Waals surface area contributed by atoms with E-state index in [-0.39, 0.29) is 30.0 Å². The number of amides is 1. The molecule has 1 saturated carbocycles. The van der Waals surface area contributed by atoms with Crippen LogP contribution in [-0.2, 0) is 9.53 Å². The molecule has 9 heteroatoms. The van der Waals surface area contributed by atoms with Crippen molar-refractivity contribution in [2.24, 2.45) is 11.8 Å². The van der Waals surface area contributed by atoms with Crippen molar-refractivity contribution in [2.45, 2.75) is 12.0 Å². The average molecular weight is 357 g/mol. The van der Waals surface area contributed by atoms with Gasteiger partial charge in [-0.3, -0.25) is 14.0 Å². The van der Waals surface area contributed by atoms with Crippen LogP contribution in [0.4, 0.5) is 14.9 Å². The van der Waals surface area contributed by atoms with E-state index in [9.17, 15) is 23.1 Å². The number of ether oxygens (including phenoxy) is 1. The van der Waals surface area contributed by atoms with E-state index in [0.717, 1.165) is 4.90 Å². The van der Waals surface area contributed by atoms with Gasteiger partial charge in [0.1, 0.15) is 5.82 Å². The van der Waals surface area contributed by atoms with Gasteiger partial charge in [0.15, 0.2) is 0 Å². The second kappa shape index (κ2) is 5.08. The first kappa shape index (κ1) is 15.7. The second-order valence-corrected chi connectivity index (χ2v) is 8.79. The fourth-order valence-corrected chi connectivity index (χ4v) is 6.08. The summed E-state index contributed by atoms with van der Waals surface area (Å²) in [5.74, 6) is -0.893. The average Bonchev–Trinajstić information content (AvgIpc) is 2.83. The van der Waals surface area contributed by atoms with E-state index >= 15 is 0 Å². The van der Waals surface area contributed by atoms with E-state index in [1.807, 2.05) is 0 Å². The van der Waals surface area contributed by atoms with Crippen LogP contribution < -0.4 is 4.90 Å². The summed E-state index contributed by atoms with van der Waals surface area (Å²) in [6.45, 7) is -0.164. The molecule has 1 aromatic rings. The molecular weight excluding hydrogens is 341 g/mol. The molecule has 1 aromatic carbocycles. The van der Waals surface area contributed by atoms with Gasteiger partial charge in [-0.15, -0.1) is 0 Å². The number of rotatable bonds is 3. The summed E-state index contributed by atoms with van der Waals surface area (Å²) >= 11 is 0. The number of carbonyl (C=O) groups excluding carboxylic acids is 1. The van der Waals surface area contributed by atoms with Crippen LogP contribution in [0.5, 0.6) is 0 Å². The van der Waals surface area contributed by atoms with Crippen molar-refractivity contribution in [1.82, 2.24) is 0 Å². The molecule has 4 atom stereocenters. The molecule has 2 heterocycles. The highest BCUT2D eigenvalue weighted by Crippen LogP contribution is 2.69. The highest BCUT2D eigenvalue weighted by Gasteiger charge is 2.59. The summed E-state index contributed by atoms with van der Waals surface area (Å²) in [7, 11) is -2.49. The lowest BCUT2D eigenvalue weighted by Gasteiger charge is -2.29. The third kappa shape index (κ3) is 2.43. The number of anilines is 1. The first-order valence-corrected chi connectivity index (χ1v) is 9.39.